The second kappa shape index (κ2) is 8.05. The van der Waals surface area contributed by atoms with Gasteiger partial charge in [0.15, 0.2) is 0 Å². The van der Waals surface area contributed by atoms with E-state index in [2.05, 4.69) is 15.8 Å². The van der Waals surface area contributed by atoms with Crippen molar-refractivity contribution in [2.24, 2.45) is 5.10 Å². The van der Waals surface area contributed by atoms with E-state index in [-0.39, 0.29) is 17.1 Å². The summed E-state index contributed by atoms with van der Waals surface area (Å²) in [6, 6.07) is 13.1. The van der Waals surface area contributed by atoms with Crippen molar-refractivity contribution in [3.8, 4) is 0 Å². The molecular weight excluding hydrogens is 321 g/mol. The summed E-state index contributed by atoms with van der Waals surface area (Å²) in [5.74, 6) is -2.06. The van der Waals surface area contributed by atoms with Gasteiger partial charge in [-0.05, 0) is 17.7 Å². The summed E-state index contributed by atoms with van der Waals surface area (Å²) in [6.45, 7) is -0.352. The number of carbonyl (C=O) groups excluding carboxylic acids is 2. The average Bonchev–Trinajstić information content (AvgIpc) is 2.54. The van der Waals surface area contributed by atoms with Gasteiger partial charge in [0.05, 0.1) is 23.3 Å². The summed E-state index contributed by atoms with van der Waals surface area (Å²) in [4.78, 5) is 23.4. The van der Waals surface area contributed by atoms with Crippen LogP contribution in [0.2, 0.25) is 5.02 Å². The lowest BCUT2D eigenvalue weighted by atomic mass is 10.2. The van der Waals surface area contributed by atoms with E-state index in [1.54, 1.807) is 0 Å². The van der Waals surface area contributed by atoms with Gasteiger partial charge in [-0.25, -0.2) is 9.82 Å². The third-order valence-electron chi connectivity index (χ3n) is 2.80. The van der Waals surface area contributed by atoms with Gasteiger partial charge in [0.25, 0.3) is 11.8 Å². The Morgan fingerprint density at radius 3 is 2.57 bits per heavy atom. The SMILES string of the molecule is O=C(CNC(=O)c1c(F)cccc1Cl)N/N=C\c1ccccc1. The molecule has 0 unspecified atom stereocenters. The van der Waals surface area contributed by atoms with Crippen LogP contribution in [0.3, 0.4) is 0 Å². The van der Waals surface area contributed by atoms with Crippen molar-refractivity contribution in [1.29, 1.82) is 0 Å². The molecule has 0 aliphatic heterocycles. The molecule has 0 saturated heterocycles. The first-order valence-corrected chi connectivity index (χ1v) is 7.05. The Balaban J connectivity index is 1.85. The molecule has 2 aromatic carbocycles. The van der Waals surface area contributed by atoms with E-state index in [1.165, 1.54) is 18.3 Å². The smallest absolute Gasteiger partial charge is 0.259 e. The first-order valence-electron chi connectivity index (χ1n) is 6.67. The fourth-order valence-corrected chi connectivity index (χ4v) is 1.97. The van der Waals surface area contributed by atoms with Crippen molar-refractivity contribution in [3.63, 3.8) is 0 Å². The molecular formula is C16H13ClFN3O2. The van der Waals surface area contributed by atoms with Gasteiger partial charge in [-0.3, -0.25) is 9.59 Å². The van der Waals surface area contributed by atoms with Crippen LogP contribution in [0.25, 0.3) is 0 Å². The van der Waals surface area contributed by atoms with Crippen LogP contribution in [0.1, 0.15) is 15.9 Å². The summed E-state index contributed by atoms with van der Waals surface area (Å²) in [6.07, 6.45) is 1.47. The van der Waals surface area contributed by atoms with Crippen LogP contribution in [0.4, 0.5) is 4.39 Å². The molecule has 0 bridgehead atoms. The highest BCUT2D eigenvalue weighted by Gasteiger charge is 2.16. The van der Waals surface area contributed by atoms with Crippen molar-refractivity contribution in [1.82, 2.24) is 10.7 Å². The maximum atomic E-state index is 13.5. The molecule has 2 amide bonds. The Morgan fingerprint density at radius 1 is 1.13 bits per heavy atom. The van der Waals surface area contributed by atoms with Gasteiger partial charge in [-0.1, -0.05) is 48.0 Å². The van der Waals surface area contributed by atoms with Gasteiger partial charge >= 0.3 is 0 Å². The highest BCUT2D eigenvalue weighted by atomic mass is 35.5. The molecule has 23 heavy (non-hydrogen) atoms. The molecule has 0 fully saturated rings. The van der Waals surface area contributed by atoms with E-state index in [1.807, 2.05) is 30.3 Å². The van der Waals surface area contributed by atoms with Gasteiger partial charge in [0.2, 0.25) is 0 Å². The Labute approximate surface area is 137 Å². The molecule has 0 heterocycles. The number of nitrogens with zero attached hydrogens (tertiary/aromatic N) is 1. The zero-order valence-electron chi connectivity index (χ0n) is 11.9. The predicted octanol–water partition coefficient (Wildman–Crippen LogP) is 2.36. The summed E-state index contributed by atoms with van der Waals surface area (Å²) in [7, 11) is 0. The molecule has 2 N–H and O–H groups in total. The van der Waals surface area contributed by atoms with Crippen LogP contribution in [0, 0.1) is 5.82 Å². The van der Waals surface area contributed by atoms with E-state index in [9.17, 15) is 14.0 Å². The first-order chi connectivity index (χ1) is 11.1. The molecule has 0 saturated carbocycles. The molecule has 2 aromatic rings. The number of benzene rings is 2. The number of hydrogen-bond acceptors (Lipinski definition) is 3. The highest BCUT2D eigenvalue weighted by molar-refractivity contribution is 6.33. The Morgan fingerprint density at radius 2 is 1.87 bits per heavy atom. The van der Waals surface area contributed by atoms with E-state index < -0.39 is 17.6 Å². The fourth-order valence-electron chi connectivity index (χ4n) is 1.72. The van der Waals surface area contributed by atoms with Gasteiger partial charge < -0.3 is 5.32 Å². The lowest BCUT2D eigenvalue weighted by molar-refractivity contribution is -0.120. The second-order valence-corrected chi connectivity index (χ2v) is 4.89. The van der Waals surface area contributed by atoms with Crippen LogP contribution in [0.15, 0.2) is 53.6 Å². The summed E-state index contributed by atoms with van der Waals surface area (Å²) in [5.41, 5.74) is 2.77. The topological polar surface area (TPSA) is 70.6 Å². The monoisotopic (exact) mass is 333 g/mol. The number of amides is 2. The molecule has 0 aliphatic carbocycles. The van der Waals surface area contributed by atoms with Crippen LogP contribution in [-0.4, -0.2) is 24.6 Å². The number of hydrogen-bond donors (Lipinski definition) is 2. The molecule has 0 aromatic heterocycles. The van der Waals surface area contributed by atoms with Gasteiger partial charge in [-0.2, -0.15) is 5.10 Å². The van der Waals surface area contributed by atoms with Crippen LogP contribution in [0.5, 0.6) is 0 Å². The van der Waals surface area contributed by atoms with Crippen molar-refractivity contribution in [3.05, 3.63) is 70.5 Å². The molecule has 0 aliphatic rings. The molecule has 0 atom stereocenters. The average molecular weight is 334 g/mol. The minimum Gasteiger partial charge on any atom is -0.343 e. The maximum Gasteiger partial charge on any atom is 0.259 e. The van der Waals surface area contributed by atoms with Crippen molar-refractivity contribution < 1.29 is 14.0 Å². The highest BCUT2D eigenvalue weighted by Crippen LogP contribution is 2.18. The minimum atomic E-state index is -0.768. The molecule has 118 valence electrons. The Bertz CT molecular complexity index is 715. The molecule has 0 spiro atoms. The third-order valence-corrected chi connectivity index (χ3v) is 3.12. The third kappa shape index (κ3) is 4.89. The lowest BCUT2D eigenvalue weighted by Gasteiger charge is -2.06. The van der Waals surface area contributed by atoms with Gasteiger partial charge in [0, 0.05) is 0 Å². The number of hydrazone groups is 1. The summed E-state index contributed by atoms with van der Waals surface area (Å²) < 4.78 is 13.5. The van der Waals surface area contributed by atoms with E-state index in [0.717, 1.165) is 11.6 Å². The zero-order valence-corrected chi connectivity index (χ0v) is 12.7. The minimum absolute atomic E-state index is 0.0231. The van der Waals surface area contributed by atoms with Gasteiger partial charge in [0.1, 0.15) is 5.82 Å². The Kier molecular flexibility index (Phi) is 5.82. The molecule has 5 nitrogen and oxygen atoms in total. The lowest BCUT2D eigenvalue weighted by Crippen LogP contribution is -2.35. The van der Waals surface area contributed by atoms with Crippen molar-refractivity contribution in [2.45, 2.75) is 0 Å². The zero-order chi connectivity index (χ0) is 16.7. The Hall–Kier alpha value is -2.73. The quantitative estimate of drug-likeness (QED) is 0.651. The predicted molar refractivity (Wildman–Crippen MR) is 85.9 cm³/mol. The van der Waals surface area contributed by atoms with Crippen LogP contribution < -0.4 is 10.7 Å². The summed E-state index contributed by atoms with van der Waals surface area (Å²) >= 11 is 5.77. The standard InChI is InChI=1S/C16H13ClFN3O2/c17-12-7-4-8-13(18)15(12)16(23)19-10-14(22)21-20-9-11-5-2-1-3-6-11/h1-9H,10H2,(H,19,23)(H,21,22)/b20-9-. The second-order valence-electron chi connectivity index (χ2n) is 4.48. The largest absolute Gasteiger partial charge is 0.343 e. The number of halogens is 2. The normalized spacial score (nSPS) is 10.5. The first kappa shape index (κ1) is 16.6. The molecule has 7 heteroatoms. The van der Waals surface area contributed by atoms with E-state index in [4.69, 9.17) is 11.6 Å². The molecule has 0 radical (unpaired) electrons. The van der Waals surface area contributed by atoms with Crippen molar-refractivity contribution >= 4 is 29.6 Å². The molecule has 2 rings (SSSR count). The van der Waals surface area contributed by atoms with Gasteiger partial charge in [-0.15, -0.1) is 0 Å². The number of nitrogens with one attached hydrogen (secondary N) is 2. The van der Waals surface area contributed by atoms with Crippen LogP contribution >= 0.6 is 11.6 Å². The maximum absolute atomic E-state index is 13.5. The number of rotatable bonds is 5. The van der Waals surface area contributed by atoms with E-state index >= 15 is 0 Å². The number of carbonyl (C=O) groups is 2. The van der Waals surface area contributed by atoms with Crippen LogP contribution in [-0.2, 0) is 4.79 Å². The fraction of sp³-hybridized carbons (Fsp3) is 0.0625. The van der Waals surface area contributed by atoms with Crippen molar-refractivity contribution in [2.75, 3.05) is 6.54 Å². The van der Waals surface area contributed by atoms with E-state index in [0.29, 0.717) is 0 Å². The summed E-state index contributed by atoms with van der Waals surface area (Å²) in [5, 5.41) is 6.01.